The van der Waals surface area contributed by atoms with Crippen molar-refractivity contribution in [2.45, 2.75) is 33.1 Å². The van der Waals surface area contributed by atoms with E-state index in [-0.39, 0.29) is 6.42 Å². The Labute approximate surface area is 116 Å². The van der Waals surface area contributed by atoms with Crippen LogP contribution >= 0.6 is 0 Å². The molecule has 0 bridgehead atoms. The fourth-order valence-corrected chi connectivity index (χ4v) is 1.58. The van der Waals surface area contributed by atoms with E-state index in [4.69, 9.17) is 20.0 Å². The van der Waals surface area contributed by atoms with E-state index in [9.17, 15) is 9.59 Å². The van der Waals surface area contributed by atoms with Gasteiger partial charge in [0.05, 0.1) is 12.0 Å². The van der Waals surface area contributed by atoms with Crippen LogP contribution in [-0.4, -0.2) is 28.9 Å². The van der Waals surface area contributed by atoms with Crippen LogP contribution in [0.15, 0.2) is 29.1 Å². The summed E-state index contributed by atoms with van der Waals surface area (Å²) in [6.07, 6.45) is 6.79. The molecule has 0 aromatic rings. The summed E-state index contributed by atoms with van der Waals surface area (Å²) < 4.78 is 5.06. The number of carboxylic acid groups (broad SMARTS) is 1. The normalized spacial score (nSPS) is 20.2. The van der Waals surface area contributed by atoms with Crippen molar-refractivity contribution >= 4 is 11.9 Å². The van der Waals surface area contributed by atoms with Crippen LogP contribution in [0.3, 0.4) is 0 Å². The molecule has 1 aliphatic rings. The van der Waals surface area contributed by atoms with Gasteiger partial charge in [-0.3, -0.25) is 4.79 Å². The molecular formula is C13H19NO6. The fourth-order valence-electron chi connectivity index (χ4n) is 1.58. The summed E-state index contributed by atoms with van der Waals surface area (Å²) in [6.45, 7) is 4.00. The van der Waals surface area contributed by atoms with Gasteiger partial charge in [0.1, 0.15) is 0 Å². The van der Waals surface area contributed by atoms with Gasteiger partial charge >= 0.3 is 11.9 Å². The van der Waals surface area contributed by atoms with Crippen molar-refractivity contribution in [1.29, 1.82) is 0 Å². The predicted octanol–water partition coefficient (Wildman–Crippen LogP) is 2.45. The molecule has 0 saturated carbocycles. The lowest BCUT2D eigenvalue weighted by molar-refractivity contribution is -0.145. The van der Waals surface area contributed by atoms with Crippen LogP contribution in [0.1, 0.15) is 33.1 Å². The number of esters is 1. The van der Waals surface area contributed by atoms with Crippen LogP contribution < -0.4 is 0 Å². The summed E-state index contributed by atoms with van der Waals surface area (Å²) in [4.78, 5) is 30.9. The number of rotatable bonds is 5. The maximum Gasteiger partial charge on any atom is 0.334 e. The molecule has 0 heterocycles. The molecule has 0 amide bonds. The first-order valence-corrected chi connectivity index (χ1v) is 6.17. The monoisotopic (exact) mass is 285 g/mol. The molecular weight excluding hydrogens is 266 g/mol. The van der Waals surface area contributed by atoms with E-state index in [1.807, 2.05) is 6.92 Å². The number of aliphatic carboxylic acids is 1. The molecule has 1 atom stereocenters. The minimum atomic E-state index is -1.01. The average Bonchev–Trinajstić information content (AvgIpc) is 2.39. The number of carbonyl (C=O) groups excluding carboxylic acids is 1. The number of allylic oxidation sites excluding steroid dienone is 2. The number of carboxylic acids is 1. The lowest BCUT2D eigenvalue weighted by Crippen LogP contribution is -2.29. The summed E-state index contributed by atoms with van der Waals surface area (Å²) in [5.74, 6) is -1.34. The molecule has 0 fully saturated rings. The molecule has 0 saturated heterocycles. The molecule has 0 aliphatic heterocycles. The van der Waals surface area contributed by atoms with Gasteiger partial charge in [-0.15, -0.1) is 4.91 Å². The molecule has 0 radical (unpaired) electrons. The maximum atomic E-state index is 11.7. The van der Waals surface area contributed by atoms with E-state index in [2.05, 4.69) is 0 Å². The van der Waals surface area contributed by atoms with Crippen LogP contribution in [-0.2, 0) is 14.3 Å². The van der Waals surface area contributed by atoms with Crippen LogP contribution in [0.25, 0.3) is 0 Å². The molecule has 0 aromatic heterocycles. The van der Waals surface area contributed by atoms with Gasteiger partial charge in [-0.05, 0) is 19.8 Å². The van der Waals surface area contributed by atoms with E-state index in [0.29, 0.717) is 12.2 Å². The smallest absolute Gasteiger partial charge is 0.334 e. The second kappa shape index (κ2) is 8.84. The van der Waals surface area contributed by atoms with E-state index >= 15 is 0 Å². The Kier molecular flexibility index (Phi) is 7.88. The van der Waals surface area contributed by atoms with E-state index in [1.165, 1.54) is 5.34 Å². The average molecular weight is 285 g/mol. The summed E-state index contributed by atoms with van der Waals surface area (Å²) in [5, 5.41) is 17.0. The summed E-state index contributed by atoms with van der Waals surface area (Å²) in [5.41, 5.74) is -0.582. The number of carbonyl (C=O) groups is 2. The first kappa shape index (κ1) is 17.8. The second-order valence-corrected chi connectivity index (χ2v) is 4.52. The fraction of sp³-hybridized carbons (Fsp3) is 0.538. The van der Waals surface area contributed by atoms with Crippen molar-refractivity contribution in [1.82, 2.24) is 0 Å². The van der Waals surface area contributed by atoms with E-state index in [0.717, 1.165) is 12.8 Å². The molecule has 20 heavy (non-hydrogen) atoms. The van der Waals surface area contributed by atoms with Gasteiger partial charge in [0.2, 0.25) is 0 Å². The Hall–Kier alpha value is -2.18. The third kappa shape index (κ3) is 5.64. The number of hydrogen-bond acceptors (Lipinski definition) is 5. The maximum absolute atomic E-state index is 11.7. The van der Waals surface area contributed by atoms with Crippen molar-refractivity contribution < 1.29 is 24.6 Å². The zero-order valence-electron chi connectivity index (χ0n) is 11.5. The largest absolute Gasteiger partial charge is 0.481 e. The molecule has 112 valence electrons. The number of hydrogen-bond donors (Lipinski definition) is 2. The van der Waals surface area contributed by atoms with Gasteiger partial charge in [0, 0.05) is 5.57 Å². The van der Waals surface area contributed by atoms with E-state index in [1.54, 1.807) is 25.2 Å². The highest BCUT2D eigenvalue weighted by molar-refractivity contribution is 5.91. The van der Waals surface area contributed by atoms with Gasteiger partial charge in [-0.1, -0.05) is 31.6 Å². The minimum absolute atomic E-state index is 0.184. The molecule has 1 unspecified atom stereocenters. The summed E-state index contributed by atoms with van der Waals surface area (Å²) in [6, 6.07) is 0. The van der Waals surface area contributed by atoms with E-state index < -0.39 is 17.4 Å². The van der Waals surface area contributed by atoms with Gasteiger partial charge < -0.3 is 15.1 Å². The zero-order chi connectivity index (χ0) is 15.6. The van der Waals surface area contributed by atoms with Crippen LogP contribution in [0.2, 0.25) is 0 Å². The topological polar surface area (TPSA) is 113 Å². The van der Waals surface area contributed by atoms with Crippen molar-refractivity contribution in [3.05, 3.63) is 28.7 Å². The zero-order valence-corrected chi connectivity index (χ0v) is 11.5. The Morgan fingerprint density at radius 2 is 2.10 bits per heavy atom. The third-order valence-corrected chi connectivity index (χ3v) is 2.80. The summed E-state index contributed by atoms with van der Waals surface area (Å²) >= 11 is 0. The Balaban J connectivity index is 0.00000110. The molecule has 0 spiro atoms. The van der Waals surface area contributed by atoms with Crippen LogP contribution in [0.5, 0.6) is 0 Å². The summed E-state index contributed by atoms with van der Waals surface area (Å²) in [7, 11) is 0. The Morgan fingerprint density at radius 3 is 2.60 bits per heavy atom. The number of nitrogens with zero attached hydrogens (tertiary/aromatic N) is 1. The van der Waals surface area contributed by atoms with Crippen molar-refractivity contribution in [2.24, 2.45) is 10.8 Å². The predicted molar refractivity (Wildman–Crippen MR) is 71.0 cm³/mol. The highest BCUT2D eigenvalue weighted by Crippen LogP contribution is 2.31. The third-order valence-electron chi connectivity index (χ3n) is 2.80. The first-order valence-electron chi connectivity index (χ1n) is 6.17. The van der Waals surface area contributed by atoms with Gasteiger partial charge in [0.25, 0.3) is 0 Å². The highest BCUT2D eigenvalue weighted by Gasteiger charge is 2.34. The Morgan fingerprint density at radius 1 is 1.50 bits per heavy atom. The second-order valence-electron chi connectivity index (χ2n) is 4.52. The number of unbranched alkanes of at least 4 members (excludes halogenated alkanes) is 1. The van der Waals surface area contributed by atoms with Crippen LogP contribution in [0, 0.1) is 10.3 Å². The van der Waals surface area contributed by atoms with Gasteiger partial charge in [0.15, 0.2) is 5.34 Å². The van der Waals surface area contributed by atoms with Crippen molar-refractivity contribution in [2.75, 3.05) is 6.61 Å². The first-order chi connectivity index (χ1) is 9.41. The lowest BCUT2D eigenvalue weighted by Gasteiger charge is -2.24. The molecule has 1 rings (SSSR count). The van der Waals surface area contributed by atoms with Crippen LogP contribution in [0.4, 0.5) is 0 Å². The molecule has 7 heteroatoms. The highest BCUT2D eigenvalue weighted by atomic mass is 16.6. The lowest BCUT2D eigenvalue weighted by atomic mass is 9.80. The van der Waals surface area contributed by atoms with Crippen molar-refractivity contribution in [3.8, 4) is 0 Å². The van der Waals surface area contributed by atoms with Gasteiger partial charge in [-0.2, -0.15) is 0 Å². The Bertz CT molecular complexity index is 415. The standard InChI is InChI=1S/C13H18O4.HNO2/c1-3-4-8-17-11(14)10-6-5-7-13(2,9-10)12(15)16;2-1-3/h5-7H,3-4,8-9H2,1-2H3,(H,15,16);(H,2,3). The molecule has 1 aliphatic carbocycles. The van der Waals surface area contributed by atoms with Crippen molar-refractivity contribution in [3.63, 3.8) is 0 Å². The van der Waals surface area contributed by atoms with Gasteiger partial charge in [-0.25, -0.2) is 4.79 Å². The quantitative estimate of drug-likeness (QED) is 0.347. The molecule has 2 N–H and O–H groups in total. The molecule has 0 aromatic carbocycles. The minimum Gasteiger partial charge on any atom is -0.481 e. The molecule has 7 nitrogen and oxygen atoms in total. The number of ether oxygens (including phenoxy) is 1. The SMILES string of the molecule is CCCCOC(=O)C1=CC=CC(C)(C(=O)O)C1.O=NO.